The summed E-state index contributed by atoms with van der Waals surface area (Å²) in [6, 6.07) is 5.33. The second kappa shape index (κ2) is 7.22. The highest BCUT2D eigenvalue weighted by molar-refractivity contribution is 5.91. The first kappa shape index (κ1) is 15.5. The standard InChI is InChI=1S/C16H21NO4/c1-11-5-6-13(8-12(11)2)16(19)21-10-15(18)17-9-14-4-3-7-20-14/h5-6,8,14H,3-4,7,9-10H2,1-2H3,(H,17,18)/t14-/m0/s1. The van der Waals surface area contributed by atoms with Crippen molar-refractivity contribution < 1.29 is 19.1 Å². The highest BCUT2D eigenvalue weighted by atomic mass is 16.5. The number of rotatable bonds is 5. The second-order valence-corrected chi connectivity index (χ2v) is 5.31. The average Bonchev–Trinajstić information content (AvgIpc) is 2.98. The van der Waals surface area contributed by atoms with E-state index in [1.807, 2.05) is 19.9 Å². The summed E-state index contributed by atoms with van der Waals surface area (Å²) >= 11 is 0. The van der Waals surface area contributed by atoms with Gasteiger partial charge in [0, 0.05) is 13.2 Å². The van der Waals surface area contributed by atoms with Crippen LogP contribution in [-0.4, -0.2) is 37.7 Å². The fourth-order valence-electron chi connectivity index (χ4n) is 2.17. The van der Waals surface area contributed by atoms with Gasteiger partial charge in [-0.15, -0.1) is 0 Å². The summed E-state index contributed by atoms with van der Waals surface area (Å²) in [6.45, 7) is 4.87. The third kappa shape index (κ3) is 4.56. The summed E-state index contributed by atoms with van der Waals surface area (Å²) in [6.07, 6.45) is 2.08. The first-order chi connectivity index (χ1) is 10.1. The molecule has 0 bridgehead atoms. The van der Waals surface area contributed by atoms with Crippen molar-refractivity contribution in [3.63, 3.8) is 0 Å². The molecule has 5 nitrogen and oxygen atoms in total. The van der Waals surface area contributed by atoms with E-state index >= 15 is 0 Å². The lowest BCUT2D eigenvalue weighted by Crippen LogP contribution is -2.34. The third-order valence-electron chi connectivity index (χ3n) is 3.63. The molecule has 1 aliphatic rings. The van der Waals surface area contributed by atoms with Gasteiger partial charge in [-0.05, 0) is 49.9 Å². The predicted molar refractivity (Wildman–Crippen MR) is 78.2 cm³/mol. The van der Waals surface area contributed by atoms with Crippen molar-refractivity contribution >= 4 is 11.9 Å². The summed E-state index contributed by atoms with van der Waals surface area (Å²) in [5.74, 6) is -0.784. The molecule has 0 unspecified atom stereocenters. The van der Waals surface area contributed by atoms with Crippen LogP contribution in [0.25, 0.3) is 0 Å². The first-order valence-electron chi connectivity index (χ1n) is 7.19. The number of esters is 1. The number of aryl methyl sites for hydroxylation is 2. The molecule has 1 N–H and O–H groups in total. The molecule has 1 amide bonds. The van der Waals surface area contributed by atoms with Crippen LogP contribution in [0.1, 0.15) is 34.3 Å². The molecule has 1 aliphatic heterocycles. The normalized spacial score (nSPS) is 17.5. The zero-order chi connectivity index (χ0) is 15.2. The van der Waals surface area contributed by atoms with E-state index in [-0.39, 0.29) is 18.6 Å². The van der Waals surface area contributed by atoms with Crippen LogP contribution in [0.15, 0.2) is 18.2 Å². The minimum Gasteiger partial charge on any atom is -0.452 e. The van der Waals surface area contributed by atoms with Crippen LogP contribution in [0, 0.1) is 13.8 Å². The van der Waals surface area contributed by atoms with E-state index in [2.05, 4.69) is 5.32 Å². The second-order valence-electron chi connectivity index (χ2n) is 5.31. The Hall–Kier alpha value is -1.88. The Morgan fingerprint density at radius 1 is 1.33 bits per heavy atom. The highest BCUT2D eigenvalue weighted by Gasteiger charge is 2.17. The van der Waals surface area contributed by atoms with E-state index < -0.39 is 5.97 Å². The number of carbonyl (C=O) groups excluding carboxylic acids is 2. The molecule has 0 aromatic heterocycles. The lowest BCUT2D eigenvalue weighted by Gasteiger charge is -2.11. The summed E-state index contributed by atoms with van der Waals surface area (Å²) in [5.41, 5.74) is 2.60. The molecule has 1 atom stereocenters. The minimum absolute atomic E-state index is 0.0874. The smallest absolute Gasteiger partial charge is 0.338 e. The molecule has 0 spiro atoms. The van der Waals surface area contributed by atoms with E-state index in [0.717, 1.165) is 30.6 Å². The van der Waals surface area contributed by atoms with Crippen molar-refractivity contribution in [2.24, 2.45) is 0 Å². The molecular formula is C16H21NO4. The Labute approximate surface area is 124 Å². The van der Waals surface area contributed by atoms with Gasteiger partial charge in [0.2, 0.25) is 0 Å². The number of hydrogen-bond donors (Lipinski definition) is 1. The van der Waals surface area contributed by atoms with E-state index in [4.69, 9.17) is 9.47 Å². The number of amides is 1. The number of hydrogen-bond acceptors (Lipinski definition) is 4. The van der Waals surface area contributed by atoms with Crippen LogP contribution in [-0.2, 0) is 14.3 Å². The fraction of sp³-hybridized carbons (Fsp3) is 0.500. The van der Waals surface area contributed by atoms with Crippen LogP contribution in [0.5, 0.6) is 0 Å². The molecule has 2 rings (SSSR count). The summed E-state index contributed by atoms with van der Waals surface area (Å²) < 4.78 is 10.4. The fourth-order valence-corrected chi connectivity index (χ4v) is 2.17. The van der Waals surface area contributed by atoms with Crippen molar-refractivity contribution in [2.75, 3.05) is 19.8 Å². The van der Waals surface area contributed by atoms with Crippen molar-refractivity contribution in [1.29, 1.82) is 0 Å². The molecule has 0 aliphatic carbocycles. The predicted octanol–water partition coefficient (Wildman–Crippen LogP) is 1.76. The monoisotopic (exact) mass is 291 g/mol. The number of carbonyl (C=O) groups is 2. The van der Waals surface area contributed by atoms with Gasteiger partial charge >= 0.3 is 5.97 Å². The van der Waals surface area contributed by atoms with Crippen molar-refractivity contribution in [3.05, 3.63) is 34.9 Å². The maximum atomic E-state index is 11.8. The molecule has 1 aromatic carbocycles. The molecule has 21 heavy (non-hydrogen) atoms. The maximum absolute atomic E-state index is 11.8. The summed E-state index contributed by atoms with van der Waals surface area (Å²) in [5, 5.41) is 2.71. The maximum Gasteiger partial charge on any atom is 0.338 e. The molecule has 1 aromatic rings. The number of ether oxygens (including phenoxy) is 2. The molecule has 5 heteroatoms. The Kier molecular flexibility index (Phi) is 5.33. The number of nitrogens with one attached hydrogen (secondary N) is 1. The first-order valence-corrected chi connectivity index (χ1v) is 7.19. The Morgan fingerprint density at radius 2 is 2.14 bits per heavy atom. The molecule has 1 saturated heterocycles. The Bertz CT molecular complexity index is 521. The van der Waals surface area contributed by atoms with Gasteiger partial charge in [-0.1, -0.05) is 6.07 Å². The minimum atomic E-state index is -0.481. The highest BCUT2D eigenvalue weighted by Crippen LogP contribution is 2.11. The summed E-state index contributed by atoms with van der Waals surface area (Å²) in [7, 11) is 0. The van der Waals surface area contributed by atoms with Gasteiger partial charge in [-0.3, -0.25) is 4.79 Å². The van der Waals surface area contributed by atoms with Crippen molar-refractivity contribution in [2.45, 2.75) is 32.8 Å². The van der Waals surface area contributed by atoms with E-state index in [9.17, 15) is 9.59 Å². The van der Waals surface area contributed by atoms with Crippen LogP contribution < -0.4 is 5.32 Å². The lowest BCUT2D eigenvalue weighted by molar-refractivity contribution is -0.124. The van der Waals surface area contributed by atoms with Gasteiger partial charge in [0.25, 0.3) is 5.91 Å². The van der Waals surface area contributed by atoms with Gasteiger partial charge in [-0.25, -0.2) is 4.79 Å². The van der Waals surface area contributed by atoms with Crippen LogP contribution >= 0.6 is 0 Å². The Balaban J connectivity index is 1.74. The van der Waals surface area contributed by atoms with Crippen LogP contribution in [0.3, 0.4) is 0 Å². The summed E-state index contributed by atoms with van der Waals surface area (Å²) in [4.78, 5) is 23.5. The lowest BCUT2D eigenvalue weighted by atomic mass is 10.1. The SMILES string of the molecule is Cc1ccc(C(=O)OCC(=O)NC[C@@H]2CCCO2)cc1C. The van der Waals surface area contributed by atoms with Crippen LogP contribution in [0.4, 0.5) is 0 Å². The zero-order valence-electron chi connectivity index (χ0n) is 12.5. The van der Waals surface area contributed by atoms with E-state index in [0.29, 0.717) is 12.1 Å². The van der Waals surface area contributed by atoms with Gasteiger partial charge in [0.1, 0.15) is 0 Å². The van der Waals surface area contributed by atoms with Gasteiger partial charge < -0.3 is 14.8 Å². The number of benzene rings is 1. The molecule has 114 valence electrons. The zero-order valence-corrected chi connectivity index (χ0v) is 12.5. The van der Waals surface area contributed by atoms with E-state index in [1.165, 1.54) is 0 Å². The third-order valence-corrected chi connectivity index (χ3v) is 3.63. The quantitative estimate of drug-likeness (QED) is 0.840. The van der Waals surface area contributed by atoms with Crippen molar-refractivity contribution in [3.8, 4) is 0 Å². The molecule has 1 heterocycles. The van der Waals surface area contributed by atoms with Crippen molar-refractivity contribution in [1.82, 2.24) is 5.32 Å². The molecule has 1 fully saturated rings. The van der Waals surface area contributed by atoms with Gasteiger partial charge in [-0.2, -0.15) is 0 Å². The molecule has 0 radical (unpaired) electrons. The largest absolute Gasteiger partial charge is 0.452 e. The molecular weight excluding hydrogens is 270 g/mol. The van der Waals surface area contributed by atoms with Gasteiger partial charge in [0.15, 0.2) is 6.61 Å². The molecule has 0 saturated carbocycles. The van der Waals surface area contributed by atoms with Gasteiger partial charge in [0.05, 0.1) is 11.7 Å². The Morgan fingerprint density at radius 3 is 2.81 bits per heavy atom. The van der Waals surface area contributed by atoms with E-state index in [1.54, 1.807) is 12.1 Å². The topological polar surface area (TPSA) is 64.6 Å². The van der Waals surface area contributed by atoms with Crippen LogP contribution in [0.2, 0.25) is 0 Å². The average molecular weight is 291 g/mol.